The van der Waals surface area contributed by atoms with E-state index in [9.17, 15) is 9.59 Å². The Balaban J connectivity index is 3.30. The molecule has 1 unspecified atom stereocenters. The largest absolute Gasteiger partial charge is 0.480 e. The Morgan fingerprint density at radius 1 is 1.80 bits per heavy atom. The quantitative estimate of drug-likeness (QED) is 0.314. The Kier molecular flexibility index (Phi) is 4.43. The van der Waals surface area contributed by atoms with Crippen LogP contribution >= 0.6 is 0 Å². The van der Waals surface area contributed by atoms with Gasteiger partial charge in [0.05, 0.1) is 6.54 Å². The Hall–Kier alpha value is -0.940. The average Bonchev–Trinajstić information content (AvgIpc) is 1.88. The van der Waals surface area contributed by atoms with Crippen molar-refractivity contribution in [3.8, 4) is 0 Å². The molecule has 1 atom stereocenters. The van der Waals surface area contributed by atoms with Gasteiger partial charge in [-0.3, -0.25) is 4.79 Å². The molecule has 5 nitrogen and oxygen atoms in total. The molecular weight excluding hydrogens is 136 g/mol. The second kappa shape index (κ2) is 4.89. The minimum absolute atomic E-state index is 0.119. The first-order valence-corrected chi connectivity index (χ1v) is 2.81. The lowest BCUT2D eigenvalue weighted by Crippen LogP contribution is -2.40. The maximum absolute atomic E-state index is 10.0. The van der Waals surface area contributed by atoms with Gasteiger partial charge in [0, 0.05) is 6.54 Å². The number of carbonyl (C=O) groups is 2. The Morgan fingerprint density at radius 2 is 2.40 bits per heavy atom. The van der Waals surface area contributed by atoms with Crippen molar-refractivity contribution in [3.63, 3.8) is 0 Å². The smallest absolute Gasteiger partial charge is 0.321 e. The van der Waals surface area contributed by atoms with Gasteiger partial charge >= 0.3 is 5.97 Å². The molecule has 0 saturated carbocycles. The van der Waals surface area contributed by atoms with Gasteiger partial charge < -0.3 is 21.0 Å². The molecule has 0 fully saturated rings. The first kappa shape index (κ1) is 9.06. The summed E-state index contributed by atoms with van der Waals surface area (Å²) in [5, 5.41) is 10.8. The topological polar surface area (TPSA) is 92.4 Å². The fourth-order valence-electron chi connectivity index (χ4n) is 0.385. The van der Waals surface area contributed by atoms with Crippen molar-refractivity contribution in [2.45, 2.75) is 6.04 Å². The first-order chi connectivity index (χ1) is 4.68. The number of carboxylic acids is 1. The maximum atomic E-state index is 10.0. The van der Waals surface area contributed by atoms with Crippen LogP contribution in [0.1, 0.15) is 0 Å². The SMILES string of the molecule is NC(CNCC=O)C(=O)O. The maximum Gasteiger partial charge on any atom is 0.321 e. The van der Waals surface area contributed by atoms with Crippen molar-refractivity contribution in [3.05, 3.63) is 0 Å². The van der Waals surface area contributed by atoms with Gasteiger partial charge in [0.15, 0.2) is 0 Å². The fraction of sp³-hybridized carbons (Fsp3) is 0.600. The summed E-state index contributed by atoms with van der Waals surface area (Å²) in [5.41, 5.74) is 5.08. The van der Waals surface area contributed by atoms with Crippen molar-refractivity contribution in [1.82, 2.24) is 5.32 Å². The van der Waals surface area contributed by atoms with Crippen molar-refractivity contribution < 1.29 is 14.7 Å². The highest BCUT2D eigenvalue weighted by Gasteiger charge is 2.08. The molecule has 0 amide bonds. The first-order valence-electron chi connectivity index (χ1n) is 2.81. The molecule has 0 radical (unpaired) electrons. The van der Waals surface area contributed by atoms with Gasteiger partial charge in [-0.05, 0) is 0 Å². The second-order valence-electron chi connectivity index (χ2n) is 1.77. The van der Waals surface area contributed by atoms with E-state index < -0.39 is 12.0 Å². The van der Waals surface area contributed by atoms with Crippen molar-refractivity contribution in [2.75, 3.05) is 13.1 Å². The lowest BCUT2D eigenvalue weighted by atomic mass is 10.3. The van der Waals surface area contributed by atoms with Crippen LogP contribution in [0.3, 0.4) is 0 Å². The van der Waals surface area contributed by atoms with Crippen LogP contribution in [0.15, 0.2) is 0 Å². The molecule has 4 N–H and O–H groups in total. The van der Waals surface area contributed by atoms with Crippen LogP contribution in [0.2, 0.25) is 0 Å². The number of nitrogens with two attached hydrogens (primary N) is 1. The van der Waals surface area contributed by atoms with Crippen LogP contribution in [0.4, 0.5) is 0 Å². The van der Waals surface area contributed by atoms with E-state index in [4.69, 9.17) is 10.8 Å². The number of hydrogen-bond donors (Lipinski definition) is 3. The van der Waals surface area contributed by atoms with E-state index in [2.05, 4.69) is 5.32 Å². The number of hydrogen-bond acceptors (Lipinski definition) is 4. The van der Waals surface area contributed by atoms with Crippen LogP contribution in [-0.4, -0.2) is 36.5 Å². The summed E-state index contributed by atoms with van der Waals surface area (Å²) in [4.78, 5) is 19.7. The van der Waals surface area contributed by atoms with E-state index >= 15 is 0 Å². The van der Waals surface area contributed by atoms with E-state index in [-0.39, 0.29) is 13.1 Å². The van der Waals surface area contributed by atoms with Crippen molar-refractivity contribution in [1.29, 1.82) is 0 Å². The summed E-state index contributed by atoms with van der Waals surface area (Å²) in [6.45, 7) is 0.259. The molecule has 0 heterocycles. The van der Waals surface area contributed by atoms with Gasteiger partial charge in [-0.1, -0.05) is 0 Å². The van der Waals surface area contributed by atoms with Crippen LogP contribution in [0, 0.1) is 0 Å². The van der Waals surface area contributed by atoms with Crippen molar-refractivity contribution >= 4 is 12.3 Å². The van der Waals surface area contributed by atoms with E-state index in [1.54, 1.807) is 0 Å². The zero-order valence-electron chi connectivity index (χ0n) is 5.41. The van der Waals surface area contributed by atoms with Crippen LogP contribution in [0.25, 0.3) is 0 Å². The van der Waals surface area contributed by atoms with E-state index in [1.807, 2.05) is 0 Å². The number of aliphatic carboxylic acids is 1. The van der Waals surface area contributed by atoms with Crippen LogP contribution in [0.5, 0.6) is 0 Å². The normalized spacial score (nSPS) is 12.5. The van der Waals surface area contributed by atoms with Gasteiger partial charge in [-0.15, -0.1) is 0 Å². The molecule has 0 aromatic rings. The Morgan fingerprint density at radius 3 is 2.80 bits per heavy atom. The lowest BCUT2D eigenvalue weighted by Gasteiger charge is -2.04. The summed E-state index contributed by atoms with van der Waals surface area (Å²) in [6, 6.07) is -0.931. The van der Waals surface area contributed by atoms with E-state index in [0.29, 0.717) is 6.29 Å². The molecule has 0 spiro atoms. The molecule has 0 aliphatic heterocycles. The Labute approximate surface area is 58.2 Å². The molecule has 0 aromatic carbocycles. The average molecular weight is 146 g/mol. The number of nitrogens with one attached hydrogen (secondary N) is 1. The van der Waals surface area contributed by atoms with E-state index in [0.717, 1.165) is 0 Å². The minimum Gasteiger partial charge on any atom is -0.480 e. The van der Waals surface area contributed by atoms with Crippen LogP contribution in [-0.2, 0) is 9.59 Å². The lowest BCUT2D eigenvalue weighted by molar-refractivity contribution is -0.138. The molecule has 0 bridgehead atoms. The van der Waals surface area contributed by atoms with Gasteiger partial charge in [0.25, 0.3) is 0 Å². The van der Waals surface area contributed by atoms with Gasteiger partial charge in [-0.25, -0.2) is 0 Å². The molecule has 5 heteroatoms. The standard InChI is InChI=1S/C5H10N2O3/c6-4(5(9)10)3-7-1-2-8/h2,4,7H,1,3,6H2,(H,9,10). The third-order valence-corrected chi connectivity index (χ3v) is 0.909. The molecular formula is C5H10N2O3. The van der Waals surface area contributed by atoms with E-state index in [1.165, 1.54) is 0 Å². The monoisotopic (exact) mass is 146 g/mol. The molecule has 0 aliphatic rings. The number of carboxylic acid groups (broad SMARTS) is 1. The summed E-state index contributed by atoms with van der Waals surface area (Å²) >= 11 is 0. The van der Waals surface area contributed by atoms with Gasteiger partial charge in [0.2, 0.25) is 0 Å². The van der Waals surface area contributed by atoms with Crippen molar-refractivity contribution in [2.24, 2.45) is 5.73 Å². The number of rotatable bonds is 5. The fourth-order valence-corrected chi connectivity index (χ4v) is 0.385. The second-order valence-corrected chi connectivity index (χ2v) is 1.77. The third-order valence-electron chi connectivity index (χ3n) is 0.909. The highest BCUT2D eigenvalue weighted by atomic mass is 16.4. The predicted octanol–water partition coefficient (Wildman–Crippen LogP) is -1.81. The molecule has 58 valence electrons. The highest BCUT2D eigenvalue weighted by Crippen LogP contribution is 1.73. The number of aldehydes is 1. The molecule has 0 aliphatic carbocycles. The minimum atomic E-state index is -1.07. The molecule has 10 heavy (non-hydrogen) atoms. The third kappa shape index (κ3) is 3.99. The Bertz CT molecular complexity index is 126. The van der Waals surface area contributed by atoms with Gasteiger partial charge in [0.1, 0.15) is 12.3 Å². The number of carbonyl (C=O) groups excluding carboxylic acids is 1. The zero-order valence-corrected chi connectivity index (χ0v) is 5.41. The molecule has 0 rings (SSSR count). The molecule has 0 aromatic heterocycles. The zero-order chi connectivity index (χ0) is 7.98. The van der Waals surface area contributed by atoms with Crippen LogP contribution < -0.4 is 11.1 Å². The summed E-state index contributed by atoms with van der Waals surface area (Å²) in [7, 11) is 0. The predicted molar refractivity (Wildman–Crippen MR) is 34.5 cm³/mol. The molecule has 0 saturated heterocycles. The summed E-state index contributed by atoms with van der Waals surface area (Å²) in [6.07, 6.45) is 0.647. The summed E-state index contributed by atoms with van der Waals surface area (Å²) in [5.74, 6) is -1.07. The summed E-state index contributed by atoms with van der Waals surface area (Å²) < 4.78 is 0. The highest BCUT2D eigenvalue weighted by molar-refractivity contribution is 5.73. The van der Waals surface area contributed by atoms with Gasteiger partial charge in [-0.2, -0.15) is 0 Å².